The zero-order chi connectivity index (χ0) is 21.2. The Morgan fingerprint density at radius 3 is 3.10 bits per heavy atom. The Morgan fingerprint density at radius 1 is 1.29 bits per heavy atom. The van der Waals surface area contributed by atoms with Crippen LogP contribution in [0.5, 0.6) is 0 Å². The molecule has 2 aliphatic rings. The molecule has 0 radical (unpaired) electrons. The molecule has 0 spiro atoms. The molecule has 1 fully saturated rings. The lowest BCUT2D eigenvalue weighted by Gasteiger charge is -2.34. The molecule has 3 N–H and O–H groups in total. The average molecular weight is 434 g/mol. The number of halogens is 1. The van der Waals surface area contributed by atoms with Crippen LogP contribution in [0.25, 0.3) is 22.2 Å². The number of rotatable bonds is 5. The number of benzene rings is 1. The quantitative estimate of drug-likeness (QED) is 0.571. The smallest absolute Gasteiger partial charge is 0.270 e. The number of nitrogens with zero attached hydrogens (tertiary/aromatic N) is 3. The van der Waals surface area contributed by atoms with Gasteiger partial charge in [0.1, 0.15) is 5.69 Å². The molecule has 1 atom stereocenters. The van der Waals surface area contributed by atoms with Gasteiger partial charge in [-0.3, -0.25) is 4.90 Å². The fourth-order valence-electron chi connectivity index (χ4n) is 4.30. The van der Waals surface area contributed by atoms with Crippen molar-refractivity contribution in [2.75, 3.05) is 25.0 Å². The van der Waals surface area contributed by atoms with Gasteiger partial charge in [-0.2, -0.15) is 0 Å². The Balaban J connectivity index is 1.31. The minimum absolute atomic E-state index is 0.295. The second-order valence-electron chi connectivity index (χ2n) is 8.10. The number of aromatic nitrogens is 3. The first-order valence-electron chi connectivity index (χ1n) is 10.6. The summed E-state index contributed by atoms with van der Waals surface area (Å²) in [6.07, 6.45) is 12.0. The Morgan fingerprint density at radius 2 is 2.19 bits per heavy atom. The molecular formula is C24H26ClN6+. The lowest BCUT2D eigenvalue weighted by molar-refractivity contribution is -0.288. The molecule has 158 valence electrons. The summed E-state index contributed by atoms with van der Waals surface area (Å²) in [4.78, 5) is 15.0. The van der Waals surface area contributed by atoms with Gasteiger partial charge in [0, 0.05) is 53.7 Å². The van der Waals surface area contributed by atoms with Crippen LogP contribution in [0.1, 0.15) is 12.8 Å². The molecule has 5 rings (SSSR count). The summed E-state index contributed by atoms with van der Waals surface area (Å²) in [5, 5.41) is 8.64. The Labute approximate surface area is 186 Å². The van der Waals surface area contributed by atoms with Gasteiger partial charge in [0.05, 0.1) is 6.20 Å². The van der Waals surface area contributed by atoms with E-state index in [1.54, 1.807) is 6.20 Å². The third kappa shape index (κ3) is 4.36. The maximum Gasteiger partial charge on any atom is 0.270 e. The highest BCUT2D eigenvalue weighted by molar-refractivity contribution is 5.95. The van der Waals surface area contributed by atoms with E-state index < -0.39 is 0 Å². The van der Waals surface area contributed by atoms with E-state index in [9.17, 15) is 0 Å². The van der Waals surface area contributed by atoms with Gasteiger partial charge in [-0.05, 0) is 43.2 Å². The number of allylic oxidation sites excluding steroid dienone is 3. The predicted molar refractivity (Wildman–Crippen MR) is 122 cm³/mol. The SMILES string of the molecule is C=C1C=CNC(CN2CCCC(Nc3ncc([ClH+])c(-c4c[nH]c5ccccc45)n3)C2)=C1. The lowest BCUT2D eigenvalue weighted by Crippen LogP contribution is -2.44. The van der Waals surface area contributed by atoms with Gasteiger partial charge >= 0.3 is 0 Å². The van der Waals surface area contributed by atoms with E-state index >= 15 is 0 Å². The summed E-state index contributed by atoms with van der Waals surface area (Å²) in [7, 11) is 0. The van der Waals surface area contributed by atoms with Crippen molar-refractivity contribution < 1.29 is 11.6 Å². The summed E-state index contributed by atoms with van der Waals surface area (Å²) in [5.74, 6) is 0.632. The first kappa shape index (κ1) is 19.8. The van der Waals surface area contributed by atoms with Crippen LogP contribution in [0.2, 0.25) is 5.02 Å². The van der Waals surface area contributed by atoms with Gasteiger partial charge in [0.15, 0.2) is 11.6 Å². The number of fused-ring (bicyclic) bond motifs is 1. The minimum atomic E-state index is 0.295. The van der Waals surface area contributed by atoms with Crippen LogP contribution < -0.4 is 10.6 Å². The van der Waals surface area contributed by atoms with E-state index in [1.807, 2.05) is 30.6 Å². The summed E-state index contributed by atoms with van der Waals surface area (Å²) >= 11 is 5.55. The van der Waals surface area contributed by atoms with Crippen LogP contribution in [-0.4, -0.2) is 45.5 Å². The average Bonchev–Trinajstić information content (AvgIpc) is 3.19. The molecule has 4 heterocycles. The number of hydrogen-bond donors (Lipinski definition) is 3. The zero-order valence-electron chi connectivity index (χ0n) is 17.3. The van der Waals surface area contributed by atoms with Gasteiger partial charge in [-0.25, -0.2) is 9.97 Å². The van der Waals surface area contributed by atoms with Crippen LogP contribution in [0.4, 0.5) is 5.95 Å². The number of nitrogens with one attached hydrogen (secondary N) is 3. The molecule has 0 aliphatic carbocycles. The minimum Gasteiger partial charge on any atom is -0.364 e. The number of hydrogen-bond acceptors (Lipinski definition) is 5. The maximum atomic E-state index is 5.55. The third-order valence-corrected chi connectivity index (χ3v) is 6.06. The van der Waals surface area contributed by atoms with Crippen molar-refractivity contribution in [1.82, 2.24) is 25.2 Å². The number of aromatic amines is 1. The first-order valence-corrected chi connectivity index (χ1v) is 11.0. The predicted octanol–water partition coefficient (Wildman–Crippen LogP) is 3.75. The Hall–Kier alpha value is -3.09. The van der Waals surface area contributed by atoms with Crippen LogP contribution >= 0.6 is 0 Å². The Kier molecular flexibility index (Phi) is 5.49. The molecule has 0 amide bonds. The van der Waals surface area contributed by atoms with Crippen molar-refractivity contribution >= 4 is 16.9 Å². The molecular weight excluding hydrogens is 408 g/mol. The Bertz CT molecular complexity index is 1180. The van der Waals surface area contributed by atoms with E-state index in [2.05, 4.69) is 50.3 Å². The van der Waals surface area contributed by atoms with Crippen molar-refractivity contribution in [3.63, 3.8) is 0 Å². The number of piperidine rings is 1. The maximum absolute atomic E-state index is 5.55. The second kappa shape index (κ2) is 8.57. The van der Waals surface area contributed by atoms with Gasteiger partial charge in [0.25, 0.3) is 5.02 Å². The molecule has 1 unspecified atom stereocenters. The fraction of sp³-hybridized carbons (Fsp3) is 0.250. The van der Waals surface area contributed by atoms with E-state index in [-0.39, 0.29) is 0 Å². The van der Waals surface area contributed by atoms with Gasteiger partial charge in [-0.15, -0.1) is 0 Å². The molecule has 3 aromatic rings. The van der Waals surface area contributed by atoms with Crippen molar-refractivity contribution in [1.29, 1.82) is 0 Å². The molecule has 1 saturated heterocycles. The largest absolute Gasteiger partial charge is 0.364 e. The molecule has 31 heavy (non-hydrogen) atoms. The van der Waals surface area contributed by atoms with Gasteiger partial charge in [0.2, 0.25) is 5.95 Å². The summed E-state index contributed by atoms with van der Waals surface area (Å²) in [5.41, 5.74) is 5.09. The summed E-state index contributed by atoms with van der Waals surface area (Å²) < 4.78 is 0. The highest BCUT2D eigenvalue weighted by Crippen LogP contribution is 2.30. The van der Waals surface area contributed by atoms with Crippen LogP contribution in [0.15, 0.2) is 72.9 Å². The summed E-state index contributed by atoms with van der Waals surface area (Å²) in [6.45, 7) is 6.93. The standard InChI is InChI=1S/C24H26ClN6/c1-16-8-9-26-18(11-16)15-31-10-4-5-17(14-31)29-24-28-13-21(25)23(30-24)20-12-27-22-7-3-2-6-19(20)22/h2-3,6-9,11-13,17,25-27H,1,4-5,10,14-15H2,(H,28,29,30)/q+1. The molecule has 2 aromatic heterocycles. The highest BCUT2D eigenvalue weighted by Gasteiger charge is 2.23. The highest BCUT2D eigenvalue weighted by atomic mass is 35.5. The first-order chi connectivity index (χ1) is 15.2. The van der Waals surface area contributed by atoms with E-state index in [0.717, 1.165) is 60.2 Å². The topological polar surface area (TPSA) is 68.9 Å². The van der Waals surface area contributed by atoms with Gasteiger partial charge in [-0.1, -0.05) is 24.8 Å². The van der Waals surface area contributed by atoms with Gasteiger partial charge < -0.3 is 15.6 Å². The molecule has 7 heteroatoms. The van der Waals surface area contributed by atoms with Crippen LogP contribution in [0, 0.1) is 11.6 Å². The monoisotopic (exact) mass is 433 g/mol. The van der Waals surface area contributed by atoms with E-state index in [4.69, 9.17) is 16.6 Å². The van der Waals surface area contributed by atoms with Crippen molar-refractivity contribution in [3.05, 3.63) is 77.9 Å². The lowest BCUT2D eigenvalue weighted by atomic mass is 10.1. The van der Waals surface area contributed by atoms with Crippen molar-refractivity contribution in [2.45, 2.75) is 18.9 Å². The molecule has 0 bridgehead atoms. The number of para-hydroxylation sites is 1. The molecule has 6 nitrogen and oxygen atoms in total. The number of H-pyrrole nitrogens is 1. The zero-order valence-corrected chi connectivity index (χ0v) is 18.1. The summed E-state index contributed by atoms with van der Waals surface area (Å²) in [6, 6.07) is 8.48. The fourth-order valence-corrected chi connectivity index (χ4v) is 4.51. The number of anilines is 1. The second-order valence-corrected chi connectivity index (χ2v) is 8.53. The van der Waals surface area contributed by atoms with Crippen LogP contribution in [0.3, 0.4) is 0 Å². The molecule has 0 saturated carbocycles. The molecule has 2 aliphatic heterocycles. The third-order valence-electron chi connectivity index (χ3n) is 5.76. The van der Waals surface area contributed by atoms with Crippen molar-refractivity contribution in [2.24, 2.45) is 0 Å². The number of dihydropyridines is 1. The van der Waals surface area contributed by atoms with E-state index in [0.29, 0.717) is 17.0 Å². The molecule has 1 aromatic carbocycles. The van der Waals surface area contributed by atoms with Crippen molar-refractivity contribution in [3.8, 4) is 11.3 Å². The van der Waals surface area contributed by atoms with Crippen LogP contribution in [-0.2, 0) is 0 Å². The van der Waals surface area contributed by atoms with E-state index in [1.165, 1.54) is 5.70 Å². The number of likely N-dealkylation sites (tertiary alicyclic amines) is 1. The normalized spacial score (nSPS) is 19.3.